The smallest absolute Gasteiger partial charge is 0.347 e. The molecule has 6 heteroatoms. The molecule has 0 aliphatic carbocycles. The lowest BCUT2D eigenvalue weighted by atomic mass is 10.2. The lowest BCUT2D eigenvalue weighted by Crippen LogP contribution is -2.22. The Morgan fingerprint density at radius 3 is 2.22 bits per heavy atom. The van der Waals surface area contributed by atoms with Gasteiger partial charge in [-0.25, -0.2) is 14.0 Å². The van der Waals surface area contributed by atoms with Crippen molar-refractivity contribution in [1.82, 2.24) is 0 Å². The summed E-state index contributed by atoms with van der Waals surface area (Å²) in [4.78, 5) is 23.2. The Labute approximate surface area is 131 Å². The van der Waals surface area contributed by atoms with Crippen molar-refractivity contribution in [3.63, 3.8) is 0 Å². The number of halogens is 1. The maximum Gasteiger partial charge on any atom is 0.347 e. The van der Waals surface area contributed by atoms with Crippen LogP contribution in [-0.2, 0) is 14.3 Å². The molecule has 1 aliphatic rings. The SMILES string of the molecule is O=C(OC1CCOC1=O)c1ccc(Oc2ccc(F)cc2)cc1. The molecule has 0 aromatic heterocycles. The third-order valence-corrected chi connectivity index (χ3v) is 3.28. The van der Waals surface area contributed by atoms with Gasteiger partial charge < -0.3 is 14.2 Å². The van der Waals surface area contributed by atoms with Crippen molar-refractivity contribution < 1.29 is 28.2 Å². The quantitative estimate of drug-likeness (QED) is 0.811. The van der Waals surface area contributed by atoms with Gasteiger partial charge in [0, 0.05) is 6.42 Å². The minimum absolute atomic E-state index is 0.265. The molecule has 5 nitrogen and oxygen atoms in total. The van der Waals surface area contributed by atoms with Gasteiger partial charge in [-0.05, 0) is 48.5 Å². The zero-order chi connectivity index (χ0) is 16.2. The molecule has 0 amide bonds. The van der Waals surface area contributed by atoms with E-state index in [4.69, 9.17) is 14.2 Å². The summed E-state index contributed by atoms with van der Waals surface area (Å²) < 4.78 is 28.2. The van der Waals surface area contributed by atoms with Crippen LogP contribution in [0, 0.1) is 5.82 Å². The second kappa shape index (κ2) is 6.48. The van der Waals surface area contributed by atoms with E-state index in [0.29, 0.717) is 23.5 Å². The Morgan fingerprint density at radius 2 is 1.65 bits per heavy atom. The van der Waals surface area contributed by atoms with Crippen molar-refractivity contribution in [2.45, 2.75) is 12.5 Å². The molecule has 1 heterocycles. The number of esters is 2. The van der Waals surface area contributed by atoms with Crippen molar-refractivity contribution in [2.75, 3.05) is 6.61 Å². The van der Waals surface area contributed by atoms with E-state index in [2.05, 4.69) is 0 Å². The monoisotopic (exact) mass is 316 g/mol. The van der Waals surface area contributed by atoms with Crippen molar-refractivity contribution in [1.29, 1.82) is 0 Å². The number of cyclic esters (lactones) is 1. The van der Waals surface area contributed by atoms with Gasteiger partial charge in [0.25, 0.3) is 0 Å². The van der Waals surface area contributed by atoms with Crippen LogP contribution in [0.1, 0.15) is 16.8 Å². The fourth-order valence-electron chi connectivity index (χ4n) is 2.08. The van der Waals surface area contributed by atoms with Gasteiger partial charge >= 0.3 is 11.9 Å². The third kappa shape index (κ3) is 3.66. The van der Waals surface area contributed by atoms with Crippen molar-refractivity contribution in [3.05, 3.63) is 59.9 Å². The zero-order valence-electron chi connectivity index (χ0n) is 12.0. The Hall–Kier alpha value is -2.89. The Kier molecular flexibility index (Phi) is 4.23. The summed E-state index contributed by atoms with van der Waals surface area (Å²) in [7, 11) is 0. The normalized spacial score (nSPS) is 16.7. The van der Waals surface area contributed by atoms with Gasteiger partial charge in [-0.3, -0.25) is 0 Å². The van der Waals surface area contributed by atoms with E-state index in [9.17, 15) is 14.0 Å². The molecule has 2 aromatic carbocycles. The van der Waals surface area contributed by atoms with Crippen LogP contribution in [0.5, 0.6) is 11.5 Å². The molecule has 1 saturated heterocycles. The van der Waals surface area contributed by atoms with Crippen LogP contribution in [0.4, 0.5) is 4.39 Å². The van der Waals surface area contributed by atoms with Gasteiger partial charge in [0.05, 0.1) is 12.2 Å². The second-order valence-corrected chi connectivity index (χ2v) is 4.93. The Morgan fingerprint density at radius 1 is 1.04 bits per heavy atom. The van der Waals surface area contributed by atoms with Crippen LogP contribution in [0.2, 0.25) is 0 Å². The third-order valence-electron chi connectivity index (χ3n) is 3.28. The van der Waals surface area contributed by atoms with Gasteiger partial charge in [0.2, 0.25) is 6.10 Å². The van der Waals surface area contributed by atoms with Gasteiger partial charge in [0.15, 0.2) is 0 Å². The number of carbonyl (C=O) groups excluding carboxylic acids is 2. The van der Waals surface area contributed by atoms with E-state index in [1.807, 2.05) is 0 Å². The molecule has 1 unspecified atom stereocenters. The molecule has 0 bridgehead atoms. The number of carbonyl (C=O) groups is 2. The second-order valence-electron chi connectivity index (χ2n) is 4.93. The predicted octanol–water partition coefficient (Wildman–Crippen LogP) is 3.09. The largest absolute Gasteiger partial charge is 0.463 e. The van der Waals surface area contributed by atoms with E-state index >= 15 is 0 Å². The molecule has 0 radical (unpaired) electrons. The van der Waals surface area contributed by atoms with Crippen LogP contribution in [0.15, 0.2) is 48.5 Å². The zero-order valence-corrected chi connectivity index (χ0v) is 12.0. The number of benzene rings is 2. The lowest BCUT2D eigenvalue weighted by molar-refractivity contribution is -0.145. The minimum atomic E-state index is -0.836. The summed E-state index contributed by atoms with van der Waals surface area (Å²) in [5, 5.41) is 0. The van der Waals surface area contributed by atoms with Crippen molar-refractivity contribution >= 4 is 11.9 Å². The summed E-state index contributed by atoms with van der Waals surface area (Å²) in [6.07, 6.45) is -0.464. The molecule has 118 valence electrons. The first kappa shape index (κ1) is 15.0. The highest BCUT2D eigenvalue weighted by Crippen LogP contribution is 2.22. The lowest BCUT2D eigenvalue weighted by Gasteiger charge is -2.09. The van der Waals surface area contributed by atoms with Crippen LogP contribution in [-0.4, -0.2) is 24.6 Å². The molecule has 23 heavy (non-hydrogen) atoms. The molecule has 1 fully saturated rings. The average molecular weight is 316 g/mol. The fraction of sp³-hybridized carbons (Fsp3) is 0.176. The highest BCUT2D eigenvalue weighted by atomic mass is 19.1. The summed E-state index contributed by atoms with van der Waals surface area (Å²) in [5.74, 6) is -0.485. The first-order chi connectivity index (χ1) is 11.1. The summed E-state index contributed by atoms with van der Waals surface area (Å²) in [5.41, 5.74) is 0.302. The van der Waals surface area contributed by atoms with Crippen LogP contribution >= 0.6 is 0 Å². The Bertz CT molecular complexity index is 709. The first-order valence-corrected chi connectivity index (χ1v) is 7.03. The summed E-state index contributed by atoms with van der Waals surface area (Å²) in [6.45, 7) is 0.265. The first-order valence-electron chi connectivity index (χ1n) is 7.03. The number of rotatable bonds is 4. The standard InChI is InChI=1S/C17H13FO5/c18-12-3-7-14(8-4-12)22-13-5-1-11(2-6-13)16(19)23-15-9-10-21-17(15)20/h1-8,15H,9-10H2. The molecule has 0 spiro atoms. The van der Waals surface area contributed by atoms with Gasteiger partial charge in [-0.2, -0.15) is 0 Å². The van der Waals surface area contributed by atoms with Crippen LogP contribution in [0.25, 0.3) is 0 Å². The van der Waals surface area contributed by atoms with Gasteiger partial charge in [0.1, 0.15) is 17.3 Å². The highest BCUT2D eigenvalue weighted by Gasteiger charge is 2.30. The van der Waals surface area contributed by atoms with Crippen molar-refractivity contribution in [3.8, 4) is 11.5 Å². The maximum absolute atomic E-state index is 12.8. The molecule has 1 atom stereocenters. The van der Waals surface area contributed by atoms with E-state index in [-0.39, 0.29) is 12.4 Å². The molecular formula is C17H13FO5. The fourth-order valence-corrected chi connectivity index (χ4v) is 2.08. The minimum Gasteiger partial charge on any atom is -0.463 e. The van der Waals surface area contributed by atoms with E-state index < -0.39 is 18.0 Å². The van der Waals surface area contributed by atoms with E-state index in [1.165, 1.54) is 36.4 Å². The number of ether oxygens (including phenoxy) is 3. The molecule has 0 N–H and O–H groups in total. The topological polar surface area (TPSA) is 61.8 Å². The van der Waals surface area contributed by atoms with E-state index in [1.54, 1.807) is 12.1 Å². The van der Waals surface area contributed by atoms with Crippen molar-refractivity contribution in [2.24, 2.45) is 0 Å². The average Bonchev–Trinajstić information content (AvgIpc) is 2.95. The summed E-state index contributed by atoms with van der Waals surface area (Å²) in [6, 6.07) is 11.8. The maximum atomic E-state index is 12.8. The predicted molar refractivity (Wildman–Crippen MR) is 77.7 cm³/mol. The van der Waals surface area contributed by atoms with Crippen LogP contribution in [0.3, 0.4) is 0 Å². The molecule has 0 saturated carbocycles. The molecule has 2 aromatic rings. The van der Waals surface area contributed by atoms with E-state index in [0.717, 1.165) is 0 Å². The highest BCUT2D eigenvalue weighted by molar-refractivity contribution is 5.91. The van der Waals surface area contributed by atoms with Gasteiger partial charge in [-0.15, -0.1) is 0 Å². The molecule has 1 aliphatic heterocycles. The molecule has 3 rings (SSSR count). The van der Waals surface area contributed by atoms with Crippen LogP contribution < -0.4 is 4.74 Å². The van der Waals surface area contributed by atoms with Gasteiger partial charge in [-0.1, -0.05) is 0 Å². The number of hydrogen-bond donors (Lipinski definition) is 0. The summed E-state index contributed by atoms with van der Waals surface area (Å²) >= 11 is 0. The molecular weight excluding hydrogens is 303 g/mol. The Balaban J connectivity index is 1.63. The number of hydrogen-bond acceptors (Lipinski definition) is 5.